The first-order chi connectivity index (χ1) is 18.8. The molecule has 0 fully saturated rings. The summed E-state index contributed by atoms with van der Waals surface area (Å²) in [6.07, 6.45) is 3.22. The van der Waals surface area contributed by atoms with Gasteiger partial charge in [0.25, 0.3) is 5.91 Å². The number of carbonyl (C=O) groups excluding carboxylic acids is 2. The number of nitrogens with one attached hydrogen (secondary N) is 1. The number of aliphatic carboxylic acids is 1. The molecule has 6 N–H and O–H groups in total. The molecule has 1 unspecified atom stereocenters. The minimum Gasteiger partial charge on any atom is -0.480 e. The maximum absolute atomic E-state index is 13.5. The van der Waals surface area contributed by atoms with Crippen LogP contribution in [-0.2, 0) is 16.0 Å². The Morgan fingerprint density at radius 3 is 2.27 bits per heavy atom. The molecule has 0 saturated heterocycles. The predicted octanol–water partition coefficient (Wildman–Crippen LogP) is 3.46. The summed E-state index contributed by atoms with van der Waals surface area (Å²) in [4.78, 5) is 47.8. The van der Waals surface area contributed by atoms with Crippen molar-refractivity contribution < 1.29 is 23.9 Å². The SMILES string of the molecule is CC(C)Cc1ccc(C(C)C(=O)N(C)[C@@H](CC(C)C)c2nc(C(=O)N[C@@H](CCCN=C(N)N)C(=O)O)co2)cc1. The van der Waals surface area contributed by atoms with E-state index in [-0.39, 0.29) is 48.3 Å². The third kappa shape index (κ3) is 9.69. The highest BCUT2D eigenvalue weighted by molar-refractivity contribution is 5.94. The van der Waals surface area contributed by atoms with Gasteiger partial charge in [-0.3, -0.25) is 14.6 Å². The van der Waals surface area contributed by atoms with Crippen LogP contribution in [0, 0.1) is 11.8 Å². The van der Waals surface area contributed by atoms with E-state index in [1.54, 1.807) is 11.9 Å². The second-order valence-corrected chi connectivity index (χ2v) is 11.0. The van der Waals surface area contributed by atoms with E-state index in [1.807, 2.05) is 32.9 Å². The van der Waals surface area contributed by atoms with Crippen LogP contribution >= 0.6 is 0 Å². The van der Waals surface area contributed by atoms with Gasteiger partial charge in [-0.25, -0.2) is 9.78 Å². The molecule has 0 aliphatic heterocycles. The van der Waals surface area contributed by atoms with Crippen molar-refractivity contribution in [1.29, 1.82) is 0 Å². The molecule has 0 aliphatic rings. The molecule has 3 atom stereocenters. The highest BCUT2D eigenvalue weighted by Gasteiger charge is 2.31. The van der Waals surface area contributed by atoms with Crippen molar-refractivity contribution in [1.82, 2.24) is 15.2 Å². The van der Waals surface area contributed by atoms with Crippen LogP contribution in [0.4, 0.5) is 0 Å². The van der Waals surface area contributed by atoms with Gasteiger partial charge in [-0.05, 0) is 55.6 Å². The molecule has 1 heterocycles. The highest BCUT2D eigenvalue weighted by Crippen LogP contribution is 2.30. The van der Waals surface area contributed by atoms with Gasteiger partial charge in [0.2, 0.25) is 11.8 Å². The van der Waals surface area contributed by atoms with E-state index in [2.05, 4.69) is 41.3 Å². The molecule has 2 amide bonds. The Balaban J connectivity index is 2.16. The van der Waals surface area contributed by atoms with Crippen LogP contribution < -0.4 is 16.8 Å². The summed E-state index contributed by atoms with van der Waals surface area (Å²) in [5, 5.41) is 12.0. The van der Waals surface area contributed by atoms with Crippen molar-refractivity contribution >= 4 is 23.7 Å². The van der Waals surface area contributed by atoms with E-state index in [4.69, 9.17) is 15.9 Å². The van der Waals surface area contributed by atoms with Crippen LogP contribution in [0.15, 0.2) is 39.9 Å². The summed E-state index contributed by atoms with van der Waals surface area (Å²) in [6.45, 7) is 10.5. The van der Waals surface area contributed by atoms with Gasteiger partial charge in [-0.1, -0.05) is 52.0 Å². The van der Waals surface area contributed by atoms with Gasteiger partial charge in [0.15, 0.2) is 11.7 Å². The van der Waals surface area contributed by atoms with Crippen molar-refractivity contribution in [2.45, 2.75) is 78.3 Å². The number of guanidine groups is 1. The monoisotopic (exact) mass is 556 g/mol. The average Bonchev–Trinajstić information content (AvgIpc) is 3.37. The molecule has 2 aromatic rings. The third-order valence-electron chi connectivity index (χ3n) is 6.59. The quantitative estimate of drug-likeness (QED) is 0.146. The minimum atomic E-state index is -1.18. The highest BCUT2D eigenvalue weighted by atomic mass is 16.4. The molecule has 0 aliphatic carbocycles. The first-order valence-electron chi connectivity index (χ1n) is 13.7. The van der Waals surface area contributed by atoms with Crippen LogP contribution in [0.3, 0.4) is 0 Å². The normalized spacial score (nSPS) is 13.5. The van der Waals surface area contributed by atoms with Crippen molar-refractivity contribution in [2.24, 2.45) is 28.3 Å². The number of hydrogen-bond acceptors (Lipinski definition) is 6. The summed E-state index contributed by atoms with van der Waals surface area (Å²) in [6, 6.07) is 6.46. The van der Waals surface area contributed by atoms with Crippen molar-refractivity contribution in [3.8, 4) is 0 Å². The smallest absolute Gasteiger partial charge is 0.326 e. The van der Waals surface area contributed by atoms with E-state index in [0.29, 0.717) is 18.8 Å². The number of hydrogen-bond donors (Lipinski definition) is 4. The maximum Gasteiger partial charge on any atom is 0.326 e. The number of benzene rings is 1. The largest absolute Gasteiger partial charge is 0.480 e. The van der Waals surface area contributed by atoms with Gasteiger partial charge in [0, 0.05) is 13.6 Å². The lowest BCUT2D eigenvalue weighted by Gasteiger charge is -2.29. The van der Waals surface area contributed by atoms with Gasteiger partial charge >= 0.3 is 5.97 Å². The van der Waals surface area contributed by atoms with E-state index < -0.39 is 24.0 Å². The molecule has 40 heavy (non-hydrogen) atoms. The van der Waals surface area contributed by atoms with Gasteiger partial charge in [0.05, 0.1) is 5.92 Å². The zero-order valence-electron chi connectivity index (χ0n) is 24.4. The van der Waals surface area contributed by atoms with Crippen LogP contribution in [0.25, 0.3) is 0 Å². The zero-order valence-corrected chi connectivity index (χ0v) is 24.4. The first kappa shape index (κ1) is 32.3. The number of nitrogens with two attached hydrogens (primary N) is 2. The summed E-state index contributed by atoms with van der Waals surface area (Å²) in [5.41, 5.74) is 12.7. The summed E-state index contributed by atoms with van der Waals surface area (Å²) >= 11 is 0. The van der Waals surface area contributed by atoms with Gasteiger partial charge < -0.3 is 31.2 Å². The standard InChI is InChI=1S/C29H44N6O5/c1-17(2)14-20-9-11-21(12-10-20)19(5)27(37)35(6)24(15-18(3)4)26-34-23(16-40-26)25(36)33-22(28(38)39)8-7-13-32-29(30)31/h9-12,16-19,22,24H,7-8,13-15H2,1-6H3,(H,33,36)(H,38,39)(H4,30,31,32)/t19?,22-,24-/m0/s1. The Morgan fingerprint density at radius 1 is 1.07 bits per heavy atom. The molecular weight excluding hydrogens is 512 g/mol. The molecule has 0 saturated carbocycles. The number of aromatic nitrogens is 1. The second kappa shape index (κ2) is 15.0. The van der Waals surface area contributed by atoms with Gasteiger partial charge in [-0.15, -0.1) is 0 Å². The Morgan fingerprint density at radius 2 is 1.73 bits per heavy atom. The fraction of sp³-hybridized carbons (Fsp3) is 0.552. The summed E-state index contributed by atoms with van der Waals surface area (Å²) < 4.78 is 5.67. The molecule has 11 heteroatoms. The molecule has 1 aromatic carbocycles. The van der Waals surface area contributed by atoms with Crippen LogP contribution in [0.2, 0.25) is 0 Å². The molecule has 1 aromatic heterocycles. The van der Waals surface area contributed by atoms with Gasteiger partial charge in [0.1, 0.15) is 18.3 Å². The molecule has 0 radical (unpaired) electrons. The average molecular weight is 557 g/mol. The van der Waals surface area contributed by atoms with Crippen molar-refractivity contribution in [3.05, 3.63) is 53.2 Å². The number of carboxylic acid groups (broad SMARTS) is 1. The first-order valence-corrected chi connectivity index (χ1v) is 13.7. The van der Waals surface area contributed by atoms with E-state index in [9.17, 15) is 19.5 Å². The van der Waals surface area contributed by atoms with Crippen molar-refractivity contribution in [3.63, 3.8) is 0 Å². The minimum absolute atomic E-state index is 0.0612. The fourth-order valence-electron chi connectivity index (χ4n) is 4.42. The fourth-order valence-corrected chi connectivity index (χ4v) is 4.42. The van der Waals surface area contributed by atoms with E-state index in [0.717, 1.165) is 12.0 Å². The Bertz CT molecular complexity index is 1150. The second-order valence-electron chi connectivity index (χ2n) is 11.0. The molecule has 2 rings (SSSR count). The Kier molecular flexibility index (Phi) is 12.2. The molecule has 11 nitrogen and oxygen atoms in total. The number of aliphatic imine (C=N–C) groups is 1. The number of amides is 2. The van der Waals surface area contributed by atoms with Crippen LogP contribution in [-0.4, -0.2) is 58.4 Å². The third-order valence-corrected chi connectivity index (χ3v) is 6.59. The predicted molar refractivity (Wildman–Crippen MR) is 154 cm³/mol. The van der Waals surface area contributed by atoms with Gasteiger partial charge in [-0.2, -0.15) is 0 Å². The number of carboxylic acids is 1. The number of rotatable bonds is 15. The Labute approximate surface area is 236 Å². The van der Waals surface area contributed by atoms with Crippen LogP contribution in [0.5, 0.6) is 0 Å². The summed E-state index contributed by atoms with van der Waals surface area (Å²) in [7, 11) is 1.71. The molecule has 0 bridgehead atoms. The number of carbonyl (C=O) groups is 3. The Hall–Kier alpha value is -3.89. The molecule has 220 valence electrons. The molecule has 0 spiro atoms. The summed E-state index contributed by atoms with van der Waals surface area (Å²) in [5.74, 6) is -1.47. The number of nitrogens with zero attached hydrogens (tertiary/aromatic N) is 3. The van der Waals surface area contributed by atoms with Crippen LogP contribution in [0.1, 0.15) is 93.3 Å². The van der Waals surface area contributed by atoms with Crippen molar-refractivity contribution in [2.75, 3.05) is 13.6 Å². The topological polar surface area (TPSA) is 177 Å². The number of oxazole rings is 1. The lowest BCUT2D eigenvalue weighted by atomic mass is 9.94. The number of likely N-dealkylation sites (N-methyl/N-ethyl adjacent to an activating group) is 1. The zero-order chi connectivity index (χ0) is 30.0. The maximum atomic E-state index is 13.5. The lowest BCUT2D eigenvalue weighted by Crippen LogP contribution is -2.41. The van der Waals surface area contributed by atoms with E-state index >= 15 is 0 Å². The molecular formula is C29H44N6O5. The van der Waals surface area contributed by atoms with E-state index in [1.165, 1.54) is 11.8 Å². The lowest BCUT2D eigenvalue weighted by molar-refractivity contribution is -0.139.